The Hall–Kier alpha value is 0.220. The van der Waals surface area contributed by atoms with Crippen LogP contribution in [-0.2, 0) is 12.8 Å². The topological polar surface area (TPSA) is 0 Å². The van der Waals surface area contributed by atoms with E-state index in [9.17, 15) is 0 Å². The molecule has 0 N–H and O–H groups in total. The summed E-state index contributed by atoms with van der Waals surface area (Å²) in [5, 5.41) is 0. The van der Waals surface area contributed by atoms with Gasteiger partial charge < -0.3 is 1.43 Å². The zero-order valence-corrected chi connectivity index (χ0v) is 8.43. The van der Waals surface area contributed by atoms with E-state index in [1.54, 1.807) is 11.1 Å². The van der Waals surface area contributed by atoms with Crippen LogP contribution in [0.5, 0.6) is 0 Å². The van der Waals surface area contributed by atoms with E-state index in [1.165, 1.54) is 19.3 Å². The van der Waals surface area contributed by atoms with E-state index in [2.05, 4.69) is 24.3 Å². The van der Waals surface area contributed by atoms with Crippen LogP contribution in [-0.4, -0.2) is 0 Å². The van der Waals surface area contributed by atoms with E-state index >= 15 is 0 Å². The van der Waals surface area contributed by atoms with Crippen molar-refractivity contribution in [3.63, 3.8) is 0 Å². The van der Waals surface area contributed by atoms with Gasteiger partial charge in [-0.05, 0) is 30.4 Å². The summed E-state index contributed by atoms with van der Waals surface area (Å²) in [6.45, 7) is 0. The fourth-order valence-corrected chi connectivity index (χ4v) is 1.51. The van der Waals surface area contributed by atoms with Crippen LogP contribution in [0.4, 0.5) is 0 Å². The second kappa shape index (κ2) is 3.56. The standard InChI is InChI=1S/C9H10.Na.H/c1-2-5-9-7-3-6-8(9)4-1;;/h1-2,4-5H,3,6-7H2;;/q;+1;-1. The number of aryl methyl sites for hydroxylation is 2. The van der Waals surface area contributed by atoms with E-state index in [4.69, 9.17) is 0 Å². The number of fused-ring (bicyclic) bond motifs is 1. The molecule has 0 aromatic heterocycles. The molecule has 2 rings (SSSR count). The van der Waals surface area contributed by atoms with Crippen molar-refractivity contribution in [1.29, 1.82) is 0 Å². The average molecular weight is 142 g/mol. The first-order chi connectivity index (χ1) is 4.47. The zero-order valence-electron chi connectivity index (χ0n) is 7.43. The minimum Gasteiger partial charge on any atom is -1.00 e. The van der Waals surface area contributed by atoms with Crippen molar-refractivity contribution in [2.24, 2.45) is 0 Å². The van der Waals surface area contributed by atoms with Crippen molar-refractivity contribution in [3.8, 4) is 0 Å². The first-order valence-corrected chi connectivity index (χ1v) is 3.53. The summed E-state index contributed by atoms with van der Waals surface area (Å²) in [4.78, 5) is 0. The van der Waals surface area contributed by atoms with Crippen molar-refractivity contribution < 1.29 is 31.0 Å². The molecule has 0 fully saturated rings. The maximum Gasteiger partial charge on any atom is 1.00 e. The SMILES string of the molecule is [H-].[Na+].c1ccc2c(c1)CCC2. The largest absolute Gasteiger partial charge is 1.00 e. The third-order valence-corrected chi connectivity index (χ3v) is 2.01. The Morgan fingerprint density at radius 2 is 1.50 bits per heavy atom. The van der Waals surface area contributed by atoms with Gasteiger partial charge in [0.05, 0.1) is 0 Å². The van der Waals surface area contributed by atoms with Gasteiger partial charge in [0.2, 0.25) is 0 Å². The molecule has 1 aliphatic rings. The molecule has 0 nitrogen and oxygen atoms in total. The van der Waals surface area contributed by atoms with Crippen molar-refractivity contribution in [2.75, 3.05) is 0 Å². The normalized spacial score (nSPS) is 14.0. The molecule has 0 saturated heterocycles. The van der Waals surface area contributed by atoms with E-state index in [-0.39, 0.29) is 31.0 Å². The summed E-state index contributed by atoms with van der Waals surface area (Å²) in [6, 6.07) is 8.74. The Balaban J connectivity index is 0.000000500. The molecule has 48 valence electrons. The second-order valence-electron chi connectivity index (χ2n) is 2.62. The van der Waals surface area contributed by atoms with Crippen molar-refractivity contribution in [3.05, 3.63) is 35.4 Å². The predicted molar refractivity (Wildman–Crippen MR) is 39.6 cm³/mol. The Morgan fingerprint density at radius 3 is 2.00 bits per heavy atom. The monoisotopic (exact) mass is 142 g/mol. The molecule has 1 aliphatic carbocycles. The molecule has 0 amide bonds. The minimum absolute atomic E-state index is 0. The van der Waals surface area contributed by atoms with E-state index in [1.807, 2.05) is 0 Å². The molecule has 0 heterocycles. The third-order valence-electron chi connectivity index (χ3n) is 2.01. The summed E-state index contributed by atoms with van der Waals surface area (Å²) in [7, 11) is 0. The van der Waals surface area contributed by atoms with Crippen molar-refractivity contribution >= 4 is 0 Å². The van der Waals surface area contributed by atoms with Gasteiger partial charge >= 0.3 is 29.6 Å². The molecule has 0 spiro atoms. The van der Waals surface area contributed by atoms with Crippen LogP contribution in [0.1, 0.15) is 19.0 Å². The molecular weight excluding hydrogens is 131 g/mol. The van der Waals surface area contributed by atoms with Gasteiger partial charge in [0, 0.05) is 0 Å². The maximum atomic E-state index is 2.24. The van der Waals surface area contributed by atoms with Crippen LogP contribution in [0.2, 0.25) is 0 Å². The molecule has 0 unspecified atom stereocenters. The molecule has 0 saturated carbocycles. The van der Waals surface area contributed by atoms with Crippen LogP contribution in [0.25, 0.3) is 0 Å². The van der Waals surface area contributed by atoms with Gasteiger partial charge in [-0.2, -0.15) is 0 Å². The molecule has 1 aromatic rings. The Morgan fingerprint density at radius 1 is 1.00 bits per heavy atom. The quantitative estimate of drug-likeness (QED) is 0.420. The van der Waals surface area contributed by atoms with Crippen LogP contribution < -0.4 is 29.6 Å². The van der Waals surface area contributed by atoms with Gasteiger partial charge in [0.15, 0.2) is 0 Å². The summed E-state index contributed by atoms with van der Waals surface area (Å²) in [6.07, 6.45) is 3.96. The predicted octanol–water partition coefficient (Wildman–Crippen LogP) is -0.708. The summed E-state index contributed by atoms with van der Waals surface area (Å²) in [5.74, 6) is 0. The van der Waals surface area contributed by atoms with E-state index < -0.39 is 0 Å². The number of benzene rings is 1. The molecule has 0 radical (unpaired) electrons. The minimum atomic E-state index is 0. The Kier molecular flexibility index (Phi) is 2.96. The molecule has 10 heavy (non-hydrogen) atoms. The fourth-order valence-electron chi connectivity index (χ4n) is 1.51. The molecule has 0 atom stereocenters. The van der Waals surface area contributed by atoms with E-state index in [0.717, 1.165) is 0 Å². The number of rotatable bonds is 0. The maximum absolute atomic E-state index is 2.24. The van der Waals surface area contributed by atoms with Crippen LogP contribution in [0.3, 0.4) is 0 Å². The molecule has 1 heteroatoms. The summed E-state index contributed by atoms with van der Waals surface area (Å²) in [5.41, 5.74) is 3.13. The third kappa shape index (κ3) is 1.45. The van der Waals surface area contributed by atoms with Gasteiger partial charge in [0.25, 0.3) is 0 Å². The van der Waals surface area contributed by atoms with E-state index in [0.29, 0.717) is 0 Å². The average Bonchev–Trinajstić information content (AvgIpc) is 2.33. The van der Waals surface area contributed by atoms with Gasteiger partial charge in [0.1, 0.15) is 0 Å². The van der Waals surface area contributed by atoms with Gasteiger partial charge in [-0.15, -0.1) is 0 Å². The van der Waals surface area contributed by atoms with Crippen LogP contribution >= 0.6 is 0 Å². The first kappa shape index (κ1) is 8.32. The van der Waals surface area contributed by atoms with Gasteiger partial charge in [-0.1, -0.05) is 24.3 Å². The summed E-state index contributed by atoms with van der Waals surface area (Å²) >= 11 is 0. The summed E-state index contributed by atoms with van der Waals surface area (Å²) < 4.78 is 0. The van der Waals surface area contributed by atoms with Crippen LogP contribution in [0, 0.1) is 0 Å². The van der Waals surface area contributed by atoms with Gasteiger partial charge in [-0.3, -0.25) is 0 Å². The smallest absolute Gasteiger partial charge is 1.00 e. The van der Waals surface area contributed by atoms with Crippen molar-refractivity contribution in [1.82, 2.24) is 0 Å². The molecule has 0 aliphatic heterocycles. The van der Waals surface area contributed by atoms with Crippen LogP contribution in [0.15, 0.2) is 24.3 Å². The molecular formula is C9H11Na. The second-order valence-corrected chi connectivity index (χ2v) is 2.62. The van der Waals surface area contributed by atoms with Gasteiger partial charge in [-0.25, -0.2) is 0 Å². The first-order valence-electron chi connectivity index (χ1n) is 3.53. The Labute approximate surface area is 85.4 Å². The van der Waals surface area contributed by atoms with Crippen molar-refractivity contribution in [2.45, 2.75) is 19.3 Å². The Bertz CT molecular complexity index is 200. The zero-order chi connectivity index (χ0) is 6.10. The fraction of sp³-hybridized carbons (Fsp3) is 0.333. The number of hydrogen-bond acceptors (Lipinski definition) is 0. The number of hydrogen-bond donors (Lipinski definition) is 0. The molecule has 1 aromatic carbocycles. The molecule has 0 bridgehead atoms.